The molecule has 7 aromatic rings. The number of hydrogen-bond donors (Lipinski definition) is 0. The maximum Gasteiger partial charge on any atom is 0.153 e. The molecule has 0 saturated carbocycles. The molecule has 39 heavy (non-hydrogen) atoms. The van der Waals surface area contributed by atoms with Crippen molar-refractivity contribution in [3.05, 3.63) is 146 Å². The zero-order chi connectivity index (χ0) is 25.8. The number of fused-ring (bicyclic) bond motifs is 5. The van der Waals surface area contributed by atoms with Crippen LogP contribution in [-0.2, 0) is 0 Å². The molecule has 0 atom stereocenters. The van der Waals surface area contributed by atoms with Crippen LogP contribution >= 0.6 is 0 Å². The quantitative estimate of drug-likeness (QED) is 0.240. The van der Waals surface area contributed by atoms with Gasteiger partial charge < -0.3 is 14.2 Å². The molecule has 1 aromatic heterocycles. The summed E-state index contributed by atoms with van der Waals surface area (Å²) < 4.78 is 8.89. The van der Waals surface area contributed by atoms with Crippen molar-refractivity contribution in [1.29, 1.82) is 0 Å². The summed E-state index contributed by atoms with van der Waals surface area (Å²) in [7, 11) is 0. The lowest BCUT2D eigenvalue weighted by molar-refractivity contribution is 0.477. The Morgan fingerprint density at radius 2 is 1.08 bits per heavy atom. The van der Waals surface area contributed by atoms with Gasteiger partial charge in [-0.15, -0.1) is 0 Å². The first-order chi connectivity index (χ1) is 19.3. The summed E-state index contributed by atoms with van der Waals surface area (Å²) in [6.07, 6.45) is 0. The second-order valence-electron chi connectivity index (χ2n) is 9.84. The van der Waals surface area contributed by atoms with E-state index in [-0.39, 0.29) is 0 Å². The van der Waals surface area contributed by atoms with Crippen LogP contribution < -0.4 is 9.64 Å². The van der Waals surface area contributed by atoms with E-state index in [0.717, 1.165) is 39.8 Å². The highest BCUT2D eigenvalue weighted by Crippen LogP contribution is 2.52. The van der Waals surface area contributed by atoms with E-state index in [1.54, 1.807) is 0 Å². The monoisotopic (exact) mass is 500 g/mol. The number of ether oxygens (including phenoxy) is 1. The SMILES string of the molecule is c1ccc(-c2ccc(-n3c4ccccc4c4cc5c(cc43)Oc3ccccc3N5c3ccccc3)cc2)cc1. The molecule has 0 spiro atoms. The Morgan fingerprint density at radius 1 is 0.410 bits per heavy atom. The molecule has 0 fully saturated rings. The molecule has 6 aromatic carbocycles. The van der Waals surface area contributed by atoms with E-state index in [2.05, 4.69) is 143 Å². The van der Waals surface area contributed by atoms with Gasteiger partial charge in [-0.05, 0) is 59.7 Å². The van der Waals surface area contributed by atoms with E-state index in [1.807, 2.05) is 12.1 Å². The van der Waals surface area contributed by atoms with E-state index in [1.165, 1.54) is 27.4 Å². The van der Waals surface area contributed by atoms with Gasteiger partial charge >= 0.3 is 0 Å². The normalized spacial score (nSPS) is 12.3. The molecule has 3 heteroatoms. The van der Waals surface area contributed by atoms with Gasteiger partial charge in [0.05, 0.1) is 22.4 Å². The Bertz CT molecular complexity index is 1970. The molecule has 8 rings (SSSR count). The fraction of sp³-hybridized carbons (Fsp3) is 0. The van der Waals surface area contributed by atoms with Crippen molar-refractivity contribution in [3.8, 4) is 28.3 Å². The van der Waals surface area contributed by atoms with Crippen molar-refractivity contribution in [3.63, 3.8) is 0 Å². The Balaban J connectivity index is 1.36. The van der Waals surface area contributed by atoms with Crippen LogP contribution in [0.2, 0.25) is 0 Å². The Labute approximate surface area is 226 Å². The van der Waals surface area contributed by atoms with E-state index >= 15 is 0 Å². The fourth-order valence-electron chi connectivity index (χ4n) is 5.78. The number of benzene rings is 6. The van der Waals surface area contributed by atoms with Crippen molar-refractivity contribution >= 4 is 38.9 Å². The fourth-order valence-corrected chi connectivity index (χ4v) is 5.78. The average molecular weight is 501 g/mol. The third-order valence-electron chi connectivity index (χ3n) is 7.57. The lowest BCUT2D eigenvalue weighted by atomic mass is 10.1. The third kappa shape index (κ3) is 3.44. The van der Waals surface area contributed by atoms with Crippen LogP contribution in [0.25, 0.3) is 38.6 Å². The van der Waals surface area contributed by atoms with E-state index < -0.39 is 0 Å². The molecular formula is C36H24N2O. The molecule has 2 heterocycles. The van der Waals surface area contributed by atoms with Crippen LogP contribution in [0.1, 0.15) is 0 Å². The zero-order valence-corrected chi connectivity index (χ0v) is 21.2. The Kier molecular flexibility index (Phi) is 4.82. The molecule has 0 bridgehead atoms. The number of anilines is 3. The maximum atomic E-state index is 6.55. The van der Waals surface area contributed by atoms with Crippen molar-refractivity contribution in [2.24, 2.45) is 0 Å². The summed E-state index contributed by atoms with van der Waals surface area (Å²) in [5, 5.41) is 2.41. The maximum absolute atomic E-state index is 6.55. The second-order valence-corrected chi connectivity index (χ2v) is 9.84. The summed E-state index contributed by atoms with van der Waals surface area (Å²) >= 11 is 0. The van der Waals surface area contributed by atoms with E-state index in [9.17, 15) is 0 Å². The van der Waals surface area contributed by atoms with Gasteiger partial charge in [0.15, 0.2) is 11.5 Å². The lowest BCUT2D eigenvalue weighted by Crippen LogP contribution is -2.15. The van der Waals surface area contributed by atoms with Crippen LogP contribution in [0.4, 0.5) is 17.1 Å². The molecule has 1 aliphatic rings. The first kappa shape index (κ1) is 21.8. The number of nitrogens with zero attached hydrogens (tertiary/aromatic N) is 2. The average Bonchev–Trinajstić information content (AvgIpc) is 3.33. The van der Waals surface area contributed by atoms with Crippen molar-refractivity contribution in [2.45, 2.75) is 0 Å². The largest absolute Gasteiger partial charge is 0.453 e. The first-order valence-electron chi connectivity index (χ1n) is 13.2. The van der Waals surface area contributed by atoms with Crippen LogP contribution in [0, 0.1) is 0 Å². The van der Waals surface area contributed by atoms with Gasteiger partial charge in [-0.25, -0.2) is 0 Å². The van der Waals surface area contributed by atoms with Crippen LogP contribution in [0.3, 0.4) is 0 Å². The molecule has 0 radical (unpaired) electrons. The van der Waals surface area contributed by atoms with Crippen LogP contribution in [0.15, 0.2) is 146 Å². The summed E-state index contributed by atoms with van der Waals surface area (Å²) in [6, 6.07) is 51.2. The second kappa shape index (κ2) is 8.64. The molecule has 184 valence electrons. The molecule has 1 aliphatic heterocycles. The standard InChI is InChI=1S/C36H24N2O/c1-3-11-25(12-4-1)26-19-21-28(22-20-26)37-31-16-8-7-15-29(31)30-23-34-36(24-33(30)37)39-35-18-10-9-17-32(35)38(34)27-13-5-2-6-14-27/h1-24H. The first-order valence-corrected chi connectivity index (χ1v) is 13.2. The third-order valence-corrected chi connectivity index (χ3v) is 7.57. The summed E-state index contributed by atoms with van der Waals surface area (Å²) in [4.78, 5) is 2.30. The predicted octanol–water partition coefficient (Wildman–Crippen LogP) is 10.0. The van der Waals surface area contributed by atoms with Crippen molar-refractivity contribution in [2.75, 3.05) is 4.90 Å². The van der Waals surface area contributed by atoms with Crippen molar-refractivity contribution in [1.82, 2.24) is 4.57 Å². The highest BCUT2D eigenvalue weighted by molar-refractivity contribution is 6.12. The molecule has 0 aliphatic carbocycles. The minimum Gasteiger partial charge on any atom is -0.453 e. The Hall–Kier alpha value is -5.28. The summed E-state index contributed by atoms with van der Waals surface area (Å²) in [6.45, 7) is 0. The van der Waals surface area contributed by atoms with Gasteiger partial charge in [-0.2, -0.15) is 0 Å². The minimum atomic E-state index is 0.843. The highest BCUT2D eigenvalue weighted by Gasteiger charge is 2.27. The van der Waals surface area contributed by atoms with E-state index in [0.29, 0.717) is 0 Å². The van der Waals surface area contributed by atoms with E-state index in [4.69, 9.17) is 4.74 Å². The van der Waals surface area contributed by atoms with Crippen LogP contribution in [-0.4, -0.2) is 4.57 Å². The Morgan fingerprint density at radius 3 is 1.90 bits per heavy atom. The molecule has 0 N–H and O–H groups in total. The predicted molar refractivity (Wildman–Crippen MR) is 161 cm³/mol. The zero-order valence-electron chi connectivity index (χ0n) is 21.2. The topological polar surface area (TPSA) is 17.4 Å². The number of aromatic nitrogens is 1. The molecule has 0 amide bonds. The highest BCUT2D eigenvalue weighted by atomic mass is 16.5. The molecular weight excluding hydrogens is 476 g/mol. The van der Waals surface area contributed by atoms with Crippen molar-refractivity contribution < 1.29 is 4.74 Å². The number of para-hydroxylation sites is 4. The minimum absolute atomic E-state index is 0.843. The van der Waals surface area contributed by atoms with Gasteiger partial charge in [0.2, 0.25) is 0 Å². The number of hydrogen-bond acceptors (Lipinski definition) is 2. The smallest absolute Gasteiger partial charge is 0.153 e. The molecule has 0 saturated heterocycles. The summed E-state index contributed by atoms with van der Waals surface area (Å²) in [5.41, 5.74) is 9.02. The number of rotatable bonds is 3. The van der Waals surface area contributed by atoms with Gasteiger partial charge in [0, 0.05) is 28.2 Å². The molecule has 0 unspecified atom stereocenters. The van der Waals surface area contributed by atoms with Crippen LogP contribution in [0.5, 0.6) is 11.5 Å². The van der Waals surface area contributed by atoms with Gasteiger partial charge in [-0.1, -0.05) is 91.0 Å². The van der Waals surface area contributed by atoms with Gasteiger partial charge in [0.1, 0.15) is 0 Å². The molecule has 3 nitrogen and oxygen atoms in total. The summed E-state index contributed by atoms with van der Waals surface area (Å²) in [5.74, 6) is 1.69. The van der Waals surface area contributed by atoms with Gasteiger partial charge in [0.25, 0.3) is 0 Å². The van der Waals surface area contributed by atoms with Gasteiger partial charge in [-0.3, -0.25) is 0 Å². The lowest BCUT2D eigenvalue weighted by Gasteiger charge is -2.33.